The highest BCUT2D eigenvalue weighted by Gasteiger charge is 2.24. The maximum atomic E-state index is 13.0. The summed E-state index contributed by atoms with van der Waals surface area (Å²) in [5.41, 5.74) is 0.748. The number of fused-ring (bicyclic) bond motifs is 1. The molecule has 4 rings (SSSR count). The lowest BCUT2D eigenvalue weighted by Gasteiger charge is -2.31. The molecule has 1 saturated carbocycles. The van der Waals surface area contributed by atoms with Crippen LogP contribution in [0.25, 0.3) is 10.8 Å². The van der Waals surface area contributed by atoms with Gasteiger partial charge < -0.3 is 15.0 Å². The smallest absolute Gasteiger partial charge is 0.409 e. The first-order chi connectivity index (χ1) is 15.7. The van der Waals surface area contributed by atoms with Crippen LogP contribution in [0.4, 0.5) is 4.79 Å². The topological polar surface area (TPSA) is 70.7 Å². The first-order valence-corrected chi connectivity index (χ1v) is 12.6. The van der Waals surface area contributed by atoms with Crippen molar-refractivity contribution in [2.75, 3.05) is 19.7 Å². The van der Waals surface area contributed by atoms with Gasteiger partial charge in [-0.25, -0.2) is 4.79 Å². The second-order valence-electron chi connectivity index (χ2n) is 8.65. The van der Waals surface area contributed by atoms with E-state index in [0.717, 1.165) is 46.9 Å². The monoisotopic (exact) mass is 455 g/mol. The maximum absolute atomic E-state index is 13.0. The zero-order valence-corrected chi connectivity index (χ0v) is 19.6. The number of carbonyl (C=O) groups excluding carboxylic acids is 2. The molecule has 0 spiro atoms. The van der Waals surface area contributed by atoms with Crippen molar-refractivity contribution in [3.05, 3.63) is 42.0 Å². The lowest BCUT2D eigenvalue weighted by Crippen LogP contribution is -2.43. The Balaban J connectivity index is 1.39. The van der Waals surface area contributed by atoms with Crippen molar-refractivity contribution in [3.63, 3.8) is 0 Å². The SMILES string of the molecule is CCOC(=O)N1CCC(NSc2ccc(C(=O)NC3CCCCC3)c3ccccc23)CC1. The zero-order valence-electron chi connectivity index (χ0n) is 18.8. The van der Waals surface area contributed by atoms with E-state index in [9.17, 15) is 9.59 Å². The van der Waals surface area contributed by atoms with Crippen molar-refractivity contribution in [1.82, 2.24) is 14.9 Å². The largest absolute Gasteiger partial charge is 0.450 e. The minimum Gasteiger partial charge on any atom is -0.450 e. The van der Waals surface area contributed by atoms with Crippen molar-refractivity contribution in [2.24, 2.45) is 0 Å². The first-order valence-electron chi connectivity index (χ1n) is 11.8. The Labute approximate surface area is 194 Å². The van der Waals surface area contributed by atoms with Crippen LogP contribution in [0.5, 0.6) is 0 Å². The Morgan fingerprint density at radius 1 is 0.969 bits per heavy atom. The summed E-state index contributed by atoms with van der Waals surface area (Å²) in [6, 6.07) is 12.8. The summed E-state index contributed by atoms with van der Waals surface area (Å²) >= 11 is 1.62. The normalized spacial score (nSPS) is 18.0. The molecule has 2 amide bonds. The first kappa shape index (κ1) is 22.9. The molecule has 7 heteroatoms. The summed E-state index contributed by atoms with van der Waals surface area (Å²) < 4.78 is 8.67. The second-order valence-corrected chi connectivity index (χ2v) is 9.53. The molecule has 1 aliphatic heterocycles. The summed E-state index contributed by atoms with van der Waals surface area (Å²) in [7, 11) is 0. The summed E-state index contributed by atoms with van der Waals surface area (Å²) in [6.45, 7) is 3.66. The highest BCUT2D eigenvalue weighted by molar-refractivity contribution is 7.97. The molecule has 32 heavy (non-hydrogen) atoms. The number of nitrogens with zero attached hydrogens (tertiary/aromatic N) is 1. The summed E-state index contributed by atoms with van der Waals surface area (Å²) in [5, 5.41) is 5.33. The number of carbonyl (C=O) groups is 2. The van der Waals surface area contributed by atoms with E-state index in [1.54, 1.807) is 16.8 Å². The quantitative estimate of drug-likeness (QED) is 0.592. The van der Waals surface area contributed by atoms with Gasteiger partial charge in [0.25, 0.3) is 5.91 Å². The number of ether oxygens (including phenoxy) is 1. The molecule has 2 aliphatic rings. The van der Waals surface area contributed by atoms with Crippen LogP contribution in [0.15, 0.2) is 41.3 Å². The van der Waals surface area contributed by atoms with Crippen LogP contribution < -0.4 is 10.0 Å². The van der Waals surface area contributed by atoms with Gasteiger partial charge in [0, 0.05) is 35.6 Å². The number of hydrogen-bond acceptors (Lipinski definition) is 5. The standard InChI is InChI=1S/C25H33N3O3S/c1-2-31-25(30)28-16-14-19(15-17-28)27-32-23-13-12-22(20-10-6-7-11-21(20)23)24(29)26-18-8-4-3-5-9-18/h6-7,10-13,18-19,27H,2-5,8-9,14-17H2,1H3,(H,26,29). The Bertz CT molecular complexity index is 937. The van der Waals surface area contributed by atoms with Gasteiger partial charge in [-0.2, -0.15) is 0 Å². The van der Waals surface area contributed by atoms with Crippen molar-refractivity contribution < 1.29 is 14.3 Å². The third-order valence-electron chi connectivity index (χ3n) is 6.43. The van der Waals surface area contributed by atoms with Gasteiger partial charge in [-0.15, -0.1) is 0 Å². The molecule has 0 radical (unpaired) electrons. The summed E-state index contributed by atoms with van der Waals surface area (Å²) in [4.78, 5) is 27.8. The van der Waals surface area contributed by atoms with Crippen LogP contribution in [0.1, 0.15) is 62.2 Å². The molecule has 0 unspecified atom stereocenters. The number of likely N-dealkylation sites (tertiary alicyclic amines) is 1. The maximum Gasteiger partial charge on any atom is 0.409 e. The average molecular weight is 456 g/mol. The van der Waals surface area contributed by atoms with E-state index in [0.29, 0.717) is 31.8 Å². The second kappa shape index (κ2) is 11.1. The van der Waals surface area contributed by atoms with Gasteiger partial charge in [0.15, 0.2) is 0 Å². The Morgan fingerprint density at radius 2 is 1.69 bits per heavy atom. The van der Waals surface area contributed by atoms with Crippen molar-refractivity contribution >= 4 is 34.7 Å². The minimum atomic E-state index is -0.216. The zero-order chi connectivity index (χ0) is 22.3. The molecule has 6 nitrogen and oxygen atoms in total. The van der Waals surface area contributed by atoms with Crippen LogP contribution in [-0.2, 0) is 4.74 Å². The molecule has 0 aromatic heterocycles. The molecule has 1 aliphatic carbocycles. The van der Waals surface area contributed by atoms with E-state index in [1.165, 1.54) is 19.3 Å². The molecule has 2 aromatic carbocycles. The third-order valence-corrected chi connectivity index (χ3v) is 7.45. The van der Waals surface area contributed by atoms with Crippen LogP contribution >= 0.6 is 11.9 Å². The third kappa shape index (κ3) is 5.56. The van der Waals surface area contributed by atoms with Crippen LogP contribution in [0.3, 0.4) is 0 Å². The van der Waals surface area contributed by atoms with E-state index in [4.69, 9.17) is 4.74 Å². The van der Waals surface area contributed by atoms with Crippen molar-refractivity contribution in [1.29, 1.82) is 0 Å². The van der Waals surface area contributed by atoms with Gasteiger partial charge in [0.1, 0.15) is 0 Å². The van der Waals surface area contributed by atoms with Gasteiger partial charge in [0.05, 0.1) is 6.61 Å². The molecule has 2 aromatic rings. The van der Waals surface area contributed by atoms with Crippen LogP contribution in [-0.4, -0.2) is 48.7 Å². The molecule has 0 atom stereocenters. The van der Waals surface area contributed by atoms with Crippen LogP contribution in [0.2, 0.25) is 0 Å². The number of hydrogen-bond donors (Lipinski definition) is 2. The van der Waals surface area contributed by atoms with Gasteiger partial charge in [-0.3, -0.25) is 9.52 Å². The molecule has 2 fully saturated rings. The van der Waals surface area contributed by atoms with E-state index < -0.39 is 0 Å². The number of piperidine rings is 1. The number of rotatable bonds is 6. The molecule has 1 saturated heterocycles. The van der Waals surface area contributed by atoms with E-state index >= 15 is 0 Å². The molecule has 2 N–H and O–H groups in total. The summed E-state index contributed by atoms with van der Waals surface area (Å²) in [5.74, 6) is 0.0314. The predicted molar refractivity (Wildman–Crippen MR) is 129 cm³/mol. The average Bonchev–Trinajstić information content (AvgIpc) is 2.83. The fourth-order valence-electron chi connectivity index (χ4n) is 4.61. The molecular formula is C25H33N3O3S. The summed E-state index contributed by atoms with van der Waals surface area (Å²) in [6.07, 6.45) is 7.41. The van der Waals surface area contributed by atoms with E-state index in [1.807, 2.05) is 37.3 Å². The highest BCUT2D eigenvalue weighted by Crippen LogP contribution is 2.30. The molecule has 172 valence electrons. The minimum absolute atomic E-state index is 0.0314. The predicted octanol–water partition coefficient (Wildman–Crippen LogP) is 5.12. The van der Waals surface area contributed by atoms with Gasteiger partial charge in [0.2, 0.25) is 0 Å². The molecule has 1 heterocycles. The van der Waals surface area contributed by atoms with Gasteiger partial charge in [-0.1, -0.05) is 43.5 Å². The van der Waals surface area contributed by atoms with E-state index in [2.05, 4.69) is 16.1 Å². The number of nitrogens with one attached hydrogen (secondary N) is 2. The van der Waals surface area contributed by atoms with E-state index in [-0.39, 0.29) is 12.0 Å². The molecule has 0 bridgehead atoms. The number of benzene rings is 2. The lowest BCUT2D eigenvalue weighted by molar-refractivity contribution is 0.0927. The Kier molecular flexibility index (Phi) is 7.92. The van der Waals surface area contributed by atoms with Crippen LogP contribution in [0, 0.1) is 0 Å². The molecular weight excluding hydrogens is 422 g/mol. The van der Waals surface area contributed by atoms with Gasteiger partial charge >= 0.3 is 6.09 Å². The fourth-order valence-corrected chi connectivity index (χ4v) is 5.56. The fraction of sp³-hybridized carbons (Fsp3) is 0.520. The highest BCUT2D eigenvalue weighted by atomic mass is 32.2. The van der Waals surface area contributed by atoms with Crippen molar-refractivity contribution in [3.8, 4) is 0 Å². The lowest BCUT2D eigenvalue weighted by atomic mass is 9.95. The van der Waals surface area contributed by atoms with Gasteiger partial charge in [-0.05, 0) is 67.5 Å². The van der Waals surface area contributed by atoms with Crippen molar-refractivity contribution in [2.45, 2.75) is 68.8 Å². The Morgan fingerprint density at radius 3 is 2.41 bits per heavy atom. The number of amides is 2. The Hall–Kier alpha value is -2.25.